The third kappa shape index (κ3) is 1.86. The van der Waals surface area contributed by atoms with E-state index in [-0.39, 0.29) is 5.92 Å². The highest BCUT2D eigenvalue weighted by Gasteiger charge is 2.28. The van der Waals surface area contributed by atoms with Gasteiger partial charge in [0.2, 0.25) is 5.13 Å². The molecule has 1 atom stereocenters. The summed E-state index contributed by atoms with van der Waals surface area (Å²) in [5.74, 6) is 1.99. The van der Waals surface area contributed by atoms with Crippen LogP contribution in [0.2, 0.25) is 0 Å². The van der Waals surface area contributed by atoms with Crippen molar-refractivity contribution in [3.63, 3.8) is 0 Å². The number of hydrogen-bond acceptors (Lipinski definition) is 5. The van der Waals surface area contributed by atoms with Crippen molar-refractivity contribution in [3.8, 4) is 5.75 Å². The van der Waals surface area contributed by atoms with Crippen molar-refractivity contribution in [3.05, 3.63) is 35.7 Å². The van der Waals surface area contributed by atoms with Crippen LogP contribution in [0.5, 0.6) is 5.75 Å². The van der Waals surface area contributed by atoms with Gasteiger partial charge in [0, 0.05) is 23.6 Å². The highest BCUT2D eigenvalue weighted by Crippen LogP contribution is 2.37. The van der Waals surface area contributed by atoms with Crippen LogP contribution in [0, 0.1) is 0 Å². The highest BCUT2D eigenvalue weighted by molar-refractivity contribution is 7.09. The second-order valence-electron chi connectivity index (χ2n) is 3.89. The van der Waals surface area contributed by atoms with Crippen molar-refractivity contribution in [2.45, 2.75) is 12.8 Å². The summed E-state index contributed by atoms with van der Waals surface area (Å²) < 4.78 is 10.0. The molecule has 1 N–H and O–H groups in total. The zero-order valence-electron chi connectivity index (χ0n) is 9.51. The van der Waals surface area contributed by atoms with Crippen LogP contribution in [-0.4, -0.2) is 22.5 Å². The Balaban J connectivity index is 1.90. The molecule has 2 heterocycles. The molecule has 0 aliphatic carbocycles. The smallest absolute Gasteiger partial charge is 0.202 e. The summed E-state index contributed by atoms with van der Waals surface area (Å²) in [4.78, 5) is 4.50. The van der Waals surface area contributed by atoms with Gasteiger partial charge in [0.05, 0.1) is 5.92 Å². The van der Waals surface area contributed by atoms with Crippen molar-refractivity contribution in [1.82, 2.24) is 9.36 Å². The lowest BCUT2D eigenvalue weighted by molar-refractivity contribution is 0.340. The largest absolute Gasteiger partial charge is 0.492 e. The van der Waals surface area contributed by atoms with Crippen LogP contribution in [0.4, 0.5) is 5.13 Å². The number of ether oxygens (including phenoxy) is 1. The molecule has 1 aliphatic heterocycles. The van der Waals surface area contributed by atoms with Gasteiger partial charge in [0.1, 0.15) is 12.4 Å². The van der Waals surface area contributed by atoms with Crippen molar-refractivity contribution < 1.29 is 4.74 Å². The van der Waals surface area contributed by atoms with Gasteiger partial charge in [-0.25, -0.2) is 4.98 Å². The topological polar surface area (TPSA) is 47.0 Å². The molecule has 88 valence electrons. The Morgan fingerprint density at radius 2 is 2.35 bits per heavy atom. The minimum atomic E-state index is 0.176. The minimum absolute atomic E-state index is 0.176. The number of para-hydroxylation sites is 1. The first-order chi connectivity index (χ1) is 8.38. The van der Waals surface area contributed by atoms with E-state index in [0.717, 1.165) is 23.3 Å². The molecule has 0 spiro atoms. The molecule has 0 amide bonds. The molecular weight excluding hydrogens is 234 g/mol. The fourth-order valence-corrected chi connectivity index (χ4v) is 2.67. The average Bonchev–Trinajstić information content (AvgIpc) is 2.95. The van der Waals surface area contributed by atoms with Crippen LogP contribution >= 0.6 is 11.5 Å². The monoisotopic (exact) mass is 247 g/mol. The summed E-state index contributed by atoms with van der Waals surface area (Å²) in [6.45, 7) is 3.56. The Labute approximate surface area is 104 Å². The molecule has 17 heavy (non-hydrogen) atoms. The quantitative estimate of drug-likeness (QED) is 0.905. The van der Waals surface area contributed by atoms with E-state index in [9.17, 15) is 0 Å². The number of anilines is 1. The van der Waals surface area contributed by atoms with E-state index in [1.807, 2.05) is 18.2 Å². The van der Waals surface area contributed by atoms with Gasteiger partial charge in [-0.05, 0) is 13.0 Å². The van der Waals surface area contributed by atoms with Gasteiger partial charge in [0.15, 0.2) is 5.82 Å². The second kappa shape index (κ2) is 4.33. The fraction of sp³-hybridized carbons (Fsp3) is 0.333. The standard InChI is InChI=1S/C12H13N3OS/c1-2-13-12-14-11(15-17-12)9-7-16-10-6-4-3-5-8(9)10/h3-6,9H,2,7H2,1H3,(H,13,14,15). The maximum atomic E-state index is 5.64. The zero-order valence-corrected chi connectivity index (χ0v) is 10.3. The molecule has 1 aliphatic rings. The Morgan fingerprint density at radius 1 is 1.47 bits per heavy atom. The maximum absolute atomic E-state index is 5.64. The Hall–Kier alpha value is -1.62. The van der Waals surface area contributed by atoms with Crippen LogP contribution in [0.1, 0.15) is 24.2 Å². The van der Waals surface area contributed by atoms with Gasteiger partial charge < -0.3 is 10.1 Å². The second-order valence-corrected chi connectivity index (χ2v) is 4.64. The van der Waals surface area contributed by atoms with Crippen LogP contribution in [0.25, 0.3) is 0 Å². The van der Waals surface area contributed by atoms with Gasteiger partial charge in [-0.2, -0.15) is 4.37 Å². The predicted octanol–water partition coefficient (Wildman–Crippen LogP) is 2.49. The summed E-state index contributed by atoms with van der Waals surface area (Å²) in [6, 6.07) is 8.09. The number of fused-ring (bicyclic) bond motifs is 1. The first-order valence-electron chi connectivity index (χ1n) is 5.67. The minimum Gasteiger partial charge on any atom is -0.492 e. The summed E-state index contributed by atoms with van der Waals surface area (Å²) in [5, 5.41) is 4.06. The molecule has 4 nitrogen and oxygen atoms in total. The summed E-state index contributed by atoms with van der Waals surface area (Å²) in [7, 11) is 0. The lowest BCUT2D eigenvalue weighted by Crippen LogP contribution is -2.05. The number of benzene rings is 1. The molecule has 5 heteroatoms. The van der Waals surface area contributed by atoms with E-state index < -0.39 is 0 Å². The Bertz CT molecular complexity index is 526. The van der Waals surface area contributed by atoms with E-state index in [0.29, 0.717) is 6.61 Å². The van der Waals surface area contributed by atoms with Crippen molar-refractivity contribution in [1.29, 1.82) is 0 Å². The molecule has 0 saturated heterocycles. The zero-order chi connectivity index (χ0) is 11.7. The van der Waals surface area contributed by atoms with Gasteiger partial charge in [-0.1, -0.05) is 18.2 Å². The van der Waals surface area contributed by atoms with Crippen LogP contribution in [0.15, 0.2) is 24.3 Å². The van der Waals surface area contributed by atoms with Gasteiger partial charge in [0.25, 0.3) is 0 Å². The van der Waals surface area contributed by atoms with E-state index >= 15 is 0 Å². The van der Waals surface area contributed by atoms with Gasteiger partial charge in [-0.3, -0.25) is 0 Å². The number of aromatic nitrogens is 2. The lowest BCUT2D eigenvalue weighted by atomic mass is 10.0. The normalized spacial score (nSPS) is 17.6. The maximum Gasteiger partial charge on any atom is 0.202 e. The van der Waals surface area contributed by atoms with Gasteiger partial charge >= 0.3 is 0 Å². The highest BCUT2D eigenvalue weighted by atomic mass is 32.1. The fourth-order valence-electron chi connectivity index (χ4n) is 1.98. The molecule has 1 aromatic heterocycles. The van der Waals surface area contributed by atoms with Gasteiger partial charge in [-0.15, -0.1) is 0 Å². The number of rotatable bonds is 3. The number of hydrogen-bond donors (Lipinski definition) is 1. The third-order valence-electron chi connectivity index (χ3n) is 2.78. The molecule has 2 aromatic rings. The molecule has 0 bridgehead atoms. The first-order valence-corrected chi connectivity index (χ1v) is 6.45. The molecule has 0 radical (unpaired) electrons. The van der Waals surface area contributed by atoms with Crippen molar-refractivity contribution in [2.24, 2.45) is 0 Å². The third-order valence-corrected chi connectivity index (χ3v) is 3.47. The molecule has 0 saturated carbocycles. The molecular formula is C12H13N3OS. The van der Waals surface area contributed by atoms with Crippen LogP contribution < -0.4 is 10.1 Å². The van der Waals surface area contributed by atoms with Crippen LogP contribution in [-0.2, 0) is 0 Å². The molecule has 1 aromatic carbocycles. The first kappa shape index (κ1) is 10.5. The van der Waals surface area contributed by atoms with E-state index in [4.69, 9.17) is 4.74 Å². The van der Waals surface area contributed by atoms with Crippen molar-refractivity contribution >= 4 is 16.7 Å². The summed E-state index contributed by atoms with van der Waals surface area (Å²) in [6.07, 6.45) is 0. The van der Waals surface area contributed by atoms with Crippen LogP contribution in [0.3, 0.4) is 0 Å². The summed E-state index contributed by atoms with van der Waals surface area (Å²) >= 11 is 1.41. The number of nitrogens with one attached hydrogen (secondary N) is 1. The predicted molar refractivity (Wildman–Crippen MR) is 67.9 cm³/mol. The Kier molecular flexibility index (Phi) is 2.68. The average molecular weight is 247 g/mol. The molecule has 3 rings (SSSR count). The lowest BCUT2D eigenvalue weighted by Gasteiger charge is -2.02. The summed E-state index contributed by atoms with van der Waals surface area (Å²) in [5.41, 5.74) is 1.19. The van der Waals surface area contributed by atoms with Crippen molar-refractivity contribution in [2.75, 3.05) is 18.5 Å². The SMILES string of the molecule is CCNc1nc(C2COc3ccccc32)ns1. The van der Waals surface area contributed by atoms with E-state index in [2.05, 4.69) is 27.7 Å². The van der Waals surface area contributed by atoms with E-state index in [1.54, 1.807) is 0 Å². The molecule has 0 fully saturated rings. The molecule has 1 unspecified atom stereocenters. The number of nitrogens with zero attached hydrogens (tertiary/aromatic N) is 2. The Morgan fingerprint density at radius 3 is 3.24 bits per heavy atom. The van der Waals surface area contributed by atoms with E-state index in [1.165, 1.54) is 17.1 Å².